The van der Waals surface area contributed by atoms with Crippen molar-refractivity contribution < 1.29 is 9.53 Å². The van der Waals surface area contributed by atoms with E-state index in [0.717, 1.165) is 25.6 Å². The Balaban J connectivity index is 0.00000392. The highest BCUT2D eigenvalue weighted by Crippen LogP contribution is 2.20. The van der Waals surface area contributed by atoms with Gasteiger partial charge in [-0.05, 0) is 59.0 Å². The fourth-order valence-corrected chi connectivity index (χ4v) is 3.88. The average molecular weight is 509 g/mol. The van der Waals surface area contributed by atoms with Crippen LogP contribution in [0, 0.1) is 5.92 Å². The van der Waals surface area contributed by atoms with E-state index in [1.54, 1.807) is 11.9 Å². The van der Waals surface area contributed by atoms with Gasteiger partial charge in [0.15, 0.2) is 5.96 Å². The van der Waals surface area contributed by atoms with E-state index >= 15 is 0 Å². The zero-order valence-electron chi connectivity index (χ0n) is 18.5. The molecule has 0 radical (unpaired) electrons. The maximum Gasteiger partial charge on any atom is 0.410 e. The van der Waals surface area contributed by atoms with Crippen LogP contribution in [0.5, 0.6) is 0 Å². The minimum absolute atomic E-state index is 0. The van der Waals surface area contributed by atoms with Gasteiger partial charge in [-0.3, -0.25) is 9.89 Å². The summed E-state index contributed by atoms with van der Waals surface area (Å²) < 4.78 is 5.42. The summed E-state index contributed by atoms with van der Waals surface area (Å²) in [6.07, 6.45) is 3.63. The van der Waals surface area contributed by atoms with Gasteiger partial charge < -0.3 is 19.9 Å². The van der Waals surface area contributed by atoms with Gasteiger partial charge in [0, 0.05) is 46.3 Å². The van der Waals surface area contributed by atoms with Gasteiger partial charge in [-0.2, -0.15) is 0 Å². The summed E-state index contributed by atoms with van der Waals surface area (Å²) in [4.78, 5) is 23.2. The Morgan fingerprint density at radius 1 is 1.29 bits per heavy atom. The molecule has 0 aromatic carbocycles. The first-order valence-corrected chi connectivity index (χ1v) is 10.3. The number of likely N-dealkylation sites (tertiary alicyclic amines) is 2. The van der Waals surface area contributed by atoms with Crippen LogP contribution in [-0.2, 0) is 4.74 Å². The van der Waals surface area contributed by atoms with E-state index in [1.165, 1.54) is 32.4 Å². The predicted molar refractivity (Wildman–Crippen MR) is 126 cm³/mol. The molecule has 1 N–H and O–H groups in total. The van der Waals surface area contributed by atoms with Crippen LogP contribution in [0.4, 0.5) is 4.79 Å². The van der Waals surface area contributed by atoms with E-state index in [9.17, 15) is 4.79 Å². The quantitative estimate of drug-likeness (QED) is 0.351. The minimum atomic E-state index is -0.462. The summed E-state index contributed by atoms with van der Waals surface area (Å²) >= 11 is 0. The summed E-state index contributed by atoms with van der Waals surface area (Å²) in [5.41, 5.74) is -0.462. The molecule has 2 rings (SSSR count). The van der Waals surface area contributed by atoms with Gasteiger partial charge >= 0.3 is 6.09 Å². The summed E-state index contributed by atoms with van der Waals surface area (Å²) in [6.45, 7) is 13.9. The topological polar surface area (TPSA) is 60.4 Å². The molecule has 2 aliphatic rings. The number of ether oxygens (including phenoxy) is 1. The van der Waals surface area contributed by atoms with E-state index in [-0.39, 0.29) is 30.1 Å². The van der Waals surface area contributed by atoms with Crippen molar-refractivity contribution in [2.75, 3.05) is 53.4 Å². The Labute approximate surface area is 188 Å². The molecule has 0 saturated carbocycles. The third kappa shape index (κ3) is 7.93. The fraction of sp³-hybridized carbons (Fsp3) is 0.900. The van der Waals surface area contributed by atoms with Crippen LogP contribution in [0.3, 0.4) is 0 Å². The molecule has 0 bridgehead atoms. The molecule has 164 valence electrons. The molecule has 0 spiro atoms. The average Bonchev–Trinajstić information content (AvgIpc) is 3.25. The van der Waals surface area contributed by atoms with Gasteiger partial charge in [-0.25, -0.2) is 4.79 Å². The molecule has 1 amide bonds. The Bertz CT molecular complexity index is 517. The zero-order valence-corrected chi connectivity index (χ0v) is 20.9. The van der Waals surface area contributed by atoms with Gasteiger partial charge in [-0.1, -0.05) is 6.92 Å². The number of hydrogen-bond donors (Lipinski definition) is 1. The zero-order chi connectivity index (χ0) is 20.0. The maximum atomic E-state index is 12.1. The maximum absolute atomic E-state index is 12.1. The molecular weight excluding hydrogens is 469 g/mol. The molecule has 2 fully saturated rings. The van der Waals surface area contributed by atoms with E-state index < -0.39 is 5.60 Å². The van der Waals surface area contributed by atoms with Crippen LogP contribution in [0.25, 0.3) is 0 Å². The van der Waals surface area contributed by atoms with Crippen LogP contribution in [0.2, 0.25) is 0 Å². The van der Waals surface area contributed by atoms with Crippen molar-refractivity contribution in [1.29, 1.82) is 0 Å². The standard InChI is InChI=1S/C20H39N5O2.HI/c1-16(14-23(6)19(26)27-20(2,3)4)13-22-18(21-5)25-12-9-17(15-25)24-10-7-8-11-24;/h16-17H,7-15H2,1-6H3,(H,21,22);1H. The van der Waals surface area contributed by atoms with Gasteiger partial charge in [0.25, 0.3) is 0 Å². The molecule has 28 heavy (non-hydrogen) atoms. The van der Waals surface area contributed by atoms with E-state index in [4.69, 9.17) is 4.74 Å². The van der Waals surface area contributed by atoms with E-state index in [0.29, 0.717) is 18.5 Å². The molecule has 8 heteroatoms. The van der Waals surface area contributed by atoms with Crippen molar-refractivity contribution in [3.05, 3.63) is 0 Å². The molecule has 7 nitrogen and oxygen atoms in total. The lowest BCUT2D eigenvalue weighted by Gasteiger charge is -2.28. The molecule has 2 aliphatic heterocycles. The molecular formula is C20H40IN5O2. The van der Waals surface area contributed by atoms with E-state index in [2.05, 4.69) is 27.0 Å². The normalized spacial score (nSPS) is 22.0. The van der Waals surface area contributed by atoms with Gasteiger partial charge in [0.1, 0.15) is 5.60 Å². The number of amides is 1. The molecule has 2 heterocycles. The van der Waals surface area contributed by atoms with Crippen LogP contribution in [0.1, 0.15) is 47.0 Å². The highest BCUT2D eigenvalue weighted by molar-refractivity contribution is 14.0. The Morgan fingerprint density at radius 3 is 2.50 bits per heavy atom. The van der Waals surface area contributed by atoms with Gasteiger partial charge in [0.05, 0.1) is 0 Å². The van der Waals surface area contributed by atoms with Crippen LogP contribution >= 0.6 is 24.0 Å². The third-order valence-electron chi connectivity index (χ3n) is 5.23. The number of aliphatic imine (C=N–C) groups is 1. The van der Waals surface area contributed by atoms with Crippen molar-refractivity contribution in [3.63, 3.8) is 0 Å². The highest BCUT2D eigenvalue weighted by Gasteiger charge is 2.30. The summed E-state index contributed by atoms with van der Waals surface area (Å²) in [7, 11) is 3.64. The molecule has 2 saturated heterocycles. The Morgan fingerprint density at radius 2 is 1.93 bits per heavy atom. The lowest BCUT2D eigenvalue weighted by molar-refractivity contribution is 0.0278. The number of carbonyl (C=O) groups is 1. The van der Waals surface area contributed by atoms with Crippen molar-refractivity contribution >= 4 is 36.0 Å². The number of carbonyl (C=O) groups excluding carboxylic acids is 1. The molecule has 0 aromatic rings. The highest BCUT2D eigenvalue weighted by atomic mass is 127. The second kappa shape index (κ2) is 11.4. The number of guanidine groups is 1. The lowest BCUT2D eigenvalue weighted by atomic mass is 10.1. The minimum Gasteiger partial charge on any atom is -0.444 e. The summed E-state index contributed by atoms with van der Waals surface area (Å²) in [5, 5.41) is 3.49. The number of nitrogens with zero attached hydrogens (tertiary/aromatic N) is 4. The summed E-state index contributed by atoms with van der Waals surface area (Å²) in [5.74, 6) is 1.28. The lowest BCUT2D eigenvalue weighted by Crippen LogP contribution is -2.45. The monoisotopic (exact) mass is 509 g/mol. The smallest absolute Gasteiger partial charge is 0.410 e. The Kier molecular flexibility index (Phi) is 10.3. The molecule has 2 atom stereocenters. The third-order valence-corrected chi connectivity index (χ3v) is 5.23. The molecule has 0 aromatic heterocycles. The largest absolute Gasteiger partial charge is 0.444 e. The van der Waals surface area contributed by atoms with Crippen LogP contribution < -0.4 is 5.32 Å². The second-order valence-electron chi connectivity index (χ2n) is 9.03. The predicted octanol–water partition coefficient (Wildman–Crippen LogP) is 2.85. The van der Waals surface area contributed by atoms with E-state index in [1.807, 2.05) is 27.8 Å². The molecule has 2 unspecified atom stereocenters. The fourth-order valence-electron chi connectivity index (χ4n) is 3.88. The number of nitrogens with one attached hydrogen (secondary N) is 1. The first-order valence-electron chi connectivity index (χ1n) is 10.3. The molecule has 0 aliphatic carbocycles. The number of hydrogen-bond acceptors (Lipinski definition) is 4. The number of rotatable bonds is 5. The van der Waals surface area contributed by atoms with Gasteiger partial charge in [-0.15, -0.1) is 24.0 Å². The number of halogens is 1. The first-order chi connectivity index (χ1) is 12.7. The van der Waals surface area contributed by atoms with Crippen LogP contribution in [0.15, 0.2) is 4.99 Å². The second-order valence-corrected chi connectivity index (χ2v) is 9.03. The van der Waals surface area contributed by atoms with Crippen molar-refractivity contribution in [3.8, 4) is 0 Å². The SMILES string of the molecule is CN=C(NCC(C)CN(C)C(=O)OC(C)(C)C)N1CCC(N2CCCC2)C1.I. The summed E-state index contributed by atoms with van der Waals surface area (Å²) in [6, 6.07) is 0.668. The van der Waals surface area contributed by atoms with Crippen LogP contribution in [-0.4, -0.2) is 91.8 Å². The first kappa shape index (κ1) is 25.3. The van der Waals surface area contributed by atoms with Gasteiger partial charge in [0.2, 0.25) is 0 Å². The van der Waals surface area contributed by atoms with Crippen molar-refractivity contribution in [1.82, 2.24) is 20.0 Å². The van der Waals surface area contributed by atoms with Crippen molar-refractivity contribution in [2.45, 2.75) is 58.6 Å². The van der Waals surface area contributed by atoms with Crippen molar-refractivity contribution in [2.24, 2.45) is 10.9 Å². The Hall–Kier alpha value is -0.770.